The minimum absolute atomic E-state index is 0.200. The van der Waals surface area contributed by atoms with E-state index in [0.717, 1.165) is 44.4 Å². The summed E-state index contributed by atoms with van der Waals surface area (Å²) in [7, 11) is 0. The van der Waals surface area contributed by atoms with Gasteiger partial charge in [0.1, 0.15) is 0 Å². The zero-order chi connectivity index (χ0) is 13.5. The Labute approximate surface area is 117 Å². The fraction of sp³-hybridized carbons (Fsp3) is 0.933. The molecule has 0 spiro atoms. The van der Waals surface area contributed by atoms with Crippen molar-refractivity contribution in [2.75, 3.05) is 32.7 Å². The van der Waals surface area contributed by atoms with E-state index in [2.05, 4.69) is 22.5 Å². The number of amides is 1. The number of hydrogen-bond donors (Lipinski definition) is 2. The first-order chi connectivity index (χ1) is 9.29. The number of rotatable bonds is 6. The fourth-order valence-electron chi connectivity index (χ4n) is 3.29. The van der Waals surface area contributed by atoms with Crippen LogP contribution in [0.5, 0.6) is 0 Å². The van der Waals surface area contributed by atoms with Crippen LogP contribution in [0.4, 0.5) is 0 Å². The largest absolute Gasteiger partial charge is 0.355 e. The second-order valence-electron chi connectivity index (χ2n) is 6.02. The van der Waals surface area contributed by atoms with E-state index in [1.54, 1.807) is 0 Å². The zero-order valence-electron chi connectivity index (χ0n) is 12.3. The van der Waals surface area contributed by atoms with Crippen molar-refractivity contribution in [3.05, 3.63) is 0 Å². The van der Waals surface area contributed by atoms with Gasteiger partial charge in [-0.15, -0.1) is 0 Å². The van der Waals surface area contributed by atoms with Crippen LogP contribution in [0.3, 0.4) is 0 Å². The van der Waals surface area contributed by atoms with Gasteiger partial charge in [-0.05, 0) is 57.7 Å². The van der Waals surface area contributed by atoms with Gasteiger partial charge in [-0.25, -0.2) is 0 Å². The number of piperidine rings is 1. The van der Waals surface area contributed by atoms with Crippen molar-refractivity contribution in [1.29, 1.82) is 0 Å². The number of unbranched alkanes of at least 4 members (excludes halogenated alkanes) is 1. The molecule has 4 nitrogen and oxygen atoms in total. The van der Waals surface area contributed by atoms with E-state index < -0.39 is 0 Å². The van der Waals surface area contributed by atoms with Gasteiger partial charge >= 0.3 is 0 Å². The summed E-state index contributed by atoms with van der Waals surface area (Å²) in [5, 5.41) is 6.62. The van der Waals surface area contributed by atoms with Gasteiger partial charge < -0.3 is 10.6 Å². The van der Waals surface area contributed by atoms with Crippen LogP contribution < -0.4 is 10.6 Å². The van der Waals surface area contributed by atoms with Gasteiger partial charge in [0.25, 0.3) is 0 Å². The molecule has 2 aliphatic rings. The summed E-state index contributed by atoms with van der Waals surface area (Å²) < 4.78 is 0. The molecule has 110 valence electrons. The van der Waals surface area contributed by atoms with Crippen LogP contribution in [-0.4, -0.2) is 49.6 Å². The molecule has 4 heteroatoms. The molecule has 2 heterocycles. The molecule has 2 saturated heterocycles. The molecule has 0 aromatic heterocycles. The summed E-state index contributed by atoms with van der Waals surface area (Å²) in [6.07, 6.45) is 7.41. The number of nitrogens with one attached hydrogen (secondary N) is 2. The van der Waals surface area contributed by atoms with Gasteiger partial charge in [-0.2, -0.15) is 0 Å². The van der Waals surface area contributed by atoms with Crippen LogP contribution in [0.15, 0.2) is 0 Å². The predicted molar refractivity (Wildman–Crippen MR) is 78.1 cm³/mol. The Hall–Kier alpha value is -0.610. The van der Waals surface area contributed by atoms with E-state index in [4.69, 9.17) is 0 Å². The molecule has 0 saturated carbocycles. The van der Waals surface area contributed by atoms with E-state index in [1.807, 2.05) is 0 Å². The van der Waals surface area contributed by atoms with Crippen molar-refractivity contribution in [2.45, 2.75) is 51.5 Å². The maximum atomic E-state index is 11.8. The standard InChI is InChI=1S/C15H29N3O/c1-2-3-8-17-15(19)12-18-10-6-13(7-11-18)14-5-4-9-16-14/h13-14,16H,2-12H2,1H3,(H,17,19). The quantitative estimate of drug-likeness (QED) is 0.714. The highest BCUT2D eigenvalue weighted by Crippen LogP contribution is 2.25. The number of likely N-dealkylation sites (tertiary alicyclic amines) is 1. The SMILES string of the molecule is CCCCNC(=O)CN1CCC(C2CCCN2)CC1. The summed E-state index contributed by atoms with van der Waals surface area (Å²) in [5.74, 6) is 1.03. The summed E-state index contributed by atoms with van der Waals surface area (Å²) in [4.78, 5) is 14.1. The van der Waals surface area contributed by atoms with E-state index in [9.17, 15) is 4.79 Å². The average molecular weight is 267 g/mol. The Kier molecular flexibility index (Phi) is 6.11. The van der Waals surface area contributed by atoms with E-state index in [1.165, 1.54) is 32.2 Å². The summed E-state index contributed by atoms with van der Waals surface area (Å²) >= 11 is 0. The highest BCUT2D eigenvalue weighted by Gasteiger charge is 2.28. The minimum atomic E-state index is 0.200. The monoisotopic (exact) mass is 267 g/mol. The number of carbonyl (C=O) groups is 1. The molecule has 2 N–H and O–H groups in total. The van der Waals surface area contributed by atoms with Crippen molar-refractivity contribution < 1.29 is 4.79 Å². The van der Waals surface area contributed by atoms with Gasteiger partial charge in [-0.1, -0.05) is 13.3 Å². The van der Waals surface area contributed by atoms with Gasteiger partial charge in [-0.3, -0.25) is 9.69 Å². The van der Waals surface area contributed by atoms with Crippen LogP contribution in [0.1, 0.15) is 45.4 Å². The highest BCUT2D eigenvalue weighted by molar-refractivity contribution is 5.77. The van der Waals surface area contributed by atoms with Gasteiger partial charge in [0.15, 0.2) is 0 Å². The minimum Gasteiger partial charge on any atom is -0.355 e. The molecular formula is C15H29N3O. The Morgan fingerprint density at radius 1 is 1.32 bits per heavy atom. The summed E-state index contributed by atoms with van der Waals surface area (Å²) in [5.41, 5.74) is 0. The van der Waals surface area contributed by atoms with Crippen molar-refractivity contribution >= 4 is 5.91 Å². The van der Waals surface area contributed by atoms with Gasteiger partial charge in [0.2, 0.25) is 5.91 Å². The molecule has 0 radical (unpaired) electrons. The van der Waals surface area contributed by atoms with E-state index >= 15 is 0 Å². The zero-order valence-corrected chi connectivity index (χ0v) is 12.3. The van der Waals surface area contributed by atoms with Crippen LogP contribution >= 0.6 is 0 Å². The second kappa shape index (κ2) is 7.85. The molecule has 0 bridgehead atoms. The van der Waals surface area contributed by atoms with Gasteiger partial charge in [0.05, 0.1) is 6.54 Å². The maximum Gasteiger partial charge on any atom is 0.234 e. The molecule has 1 atom stereocenters. The molecule has 0 aromatic rings. The van der Waals surface area contributed by atoms with Crippen LogP contribution in [0.2, 0.25) is 0 Å². The van der Waals surface area contributed by atoms with E-state index in [-0.39, 0.29) is 5.91 Å². The topological polar surface area (TPSA) is 44.4 Å². The van der Waals surface area contributed by atoms with Crippen LogP contribution in [-0.2, 0) is 4.79 Å². The van der Waals surface area contributed by atoms with Crippen LogP contribution in [0, 0.1) is 5.92 Å². The van der Waals surface area contributed by atoms with Crippen LogP contribution in [0.25, 0.3) is 0 Å². The number of hydrogen-bond acceptors (Lipinski definition) is 3. The molecule has 19 heavy (non-hydrogen) atoms. The molecule has 0 aliphatic carbocycles. The van der Waals surface area contributed by atoms with Crippen molar-refractivity contribution in [1.82, 2.24) is 15.5 Å². The molecule has 1 unspecified atom stereocenters. The Balaban J connectivity index is 1.61. The lowest BCUT2D eigenvalue weighted by molar-refractivity contribution is -0.122. The molecule has 2 rings (SSSR count). The van der Waals surface area contributed by atoms with Crippen molar-refractivity contribution in [3.63, 3.8) is 0 Å². The van der Waals surface area contributed by atoms with Gasteiger partial charge in [0, 0.05) is 12.6 Å². The Bertz CT molecular complexity index is 269. The third-order valence-corrected chi connectivity index (χ3v) is 4.52. The molecule has 2 aliphatic heterocycles. The normalized spacial score (nSPS) is 25.6. The van der Waals surface area contributed by atoms with E-state index in [0.29, 0.717) is 6.54 Å². The highest BCUT2D eigenvalue weighted by atomic mass is 16.2. The molecule has 0 aromatic carbocycles. The lowest BCUT2D eigenvalue weighted by Crippen LogP contribution is -2.44. The first-order valence-corrected chi connectivity index (χ1v) is 8.02. The van der Waals surface area contributed by atoms with Crippen molar-refractivity contribution in [2.24, 2.45) is 5.92 Å². The third kappa shape index (κ3) is 4.77. The fourth-order valence-corrected chi connectivity index (χ4v) is 3.29. The molecular weight excluding hydrogens is 238 g/mol. The van der Waals surface area contributed by atoms with Crippen molar-refractivity contribution in [3.8, 4) is 0 Å². The number of carbonyl (C=O) groups excluding carboxylic acids is 1. The Morgan fingerprint density at radius 2 is 2.11 bits per heavy atom. The third-order valence-electron chi connectivity index (χ3n) is 4.52. The lowest BCUT2D eigenvalue weighted by Gasteiger charge is -2.34. The number of nitrogens with zero attached hydrogens (tertiary/aromatic N) is 1. The Morgan fingerprint density at radius 3 is 2.74 bits per heavy atom. The maximum absolute atomic E-state index is 11.8. The second-order valence-corrected chi connectivity index (χ2v) is 6.02. The molecule has 1 amide bonds. The molecule has 2 fully saturated rings. The first-order valence-electron chi connectivity index (χ1n) is 8.02. The lowest BCUT2D eigenvalue weighted by atomic mass is 9.88. The summed E-state index contributed by atoms with van der Waals surface area (Å²) in [6.45, 7) is 6.94. The first kappa shape index (κ1) is 14.8. The average Bonchev–Trinajstić information content (AvgIpc) is 2.94. The predicted octanol–water partition coefficient (Wildman–Crippen LogP) is 1.37. The smallest absolute Gasteiger partial charge is 0.234 e. The summed E-state index contributed by atoms with van der Waals surface area (Å²) in [6, 6.07) is 0.750.